The Bertz CT molecular complexity index is 1900. The Kier molecular flexibility index (Phi) is 8.17. The molecule has 0 aliphatic carbocycles. The second-order valence-corrected chi connectivity index (χ2v) is 11.3. The first-order valence-electron chi connectivity index (χ1n) is 14.5. The number of fused-ring (bicyclic) bond motifs is 1. The van der Waals surface area contributed by atoms with Gasteiger partial charge in [0.2, 0.25) is 0 Å². The number of alkyl halides is 3. The van der Waals surface area contributed by atoms with Crippen molar-refractivity contribution in [1.29, 1.82) is 10.5 Å². The van der Waals surface area contributed by atoms with Crippen LogP contribution in [-0.4, -0.2) is 61.4 Å². The normalized spacial score (nSPS) is 15.2. The molecule has 46 heavy (non-hydrogen) atoms. The van der Waals surface area contributed by atoms with Crippen LogP contribution in [-0.2, 0) is 26.3 Å². The number of likely N-dealkylation sites (tertiary alicyclic amines) is 1. The molecule has 2 aromatic carbocycles. The topological polar surface area (TPSA) is 147 Å². The zero-order valence-electron chi connectivity index (χ0n) is 24.7. The molecule has 11 nitrogen and oxygen atoms in total. The first-order valence-corrected chi connectivity index (χ1v) is 14.5. The van der Waals surface area contributed by atoms with E-state index in [1.165, 1.54) is 17.3 Å². The van der Waals surface area contributed by atoms with E-state index in [1.807, 2.05) is 11.0 Å². The summed E-state index contributed by atoms with van der Waals surface area (Å²) in [7, 11) is 1.76. The van der Waals surface area contributed by atoms with Crippen molar-refractivity contribution < 1.29 is 23.1 Å². The molecule has 0 spiro atoms. The number of hydrogen-bond donors (Lipinski definition) is 2. The van der Waals surface area contributed by atoms with Gasteiger partial charge in [-0.05, 0) is 84.2 Å². The third-order valence-corrected chi connectivity index (χ3v) is 8.11. The van der Waals surface area contributed by atoms with Crippen LogP contribution in [0.4, 0.5) is 24.8 Å². The molecule has 6 rings (SSSR count). The van der Waals surface area contributed by atoms with Crippen LogP contribution in [0.15, 0.2) is 48.8 Å². The highest BCUT2D eigenvalue weighted by atomic mass is 19.4. The molecule has 1 atom stereocenters. The summed E-state index contributed by atoms with van der Waals surface area (Å²) in [6.45, 7) is 1.49. The second-order valence-electron chi connectivity index (χ2n) is 11.3. The number of pyridine rings is 1. The molecule has 1 saturated heterocycles. The molecule has 4 aromatic rings. The van der Waals surface area contributed by atoms with Gasteiger partial charge in [-0.3, -0.25) is 14.6 Å². The average Bonchev–Trinajstić information content (AvgIpc) is 3.59. The minimum absolute atomic E-state index is 0.0252. The summed E-state index contributed by atoms with van der Waals surface area (Å²) in [5, 5.41) is 40.0. The van der Waals surface area contributed by atoms with Gasteiger partial charge in [0.15, 0.2) is 5.82 Å². The molecule has 14 heteroatoms. The number of aliphatic hydroxyl groups is 1. The SMILES string of the molecule is Cn1cnnc1-c1ccc(C#N)cc1-c1cc(NCC(O)CC#N)nc(N2Cc3c(cc(CN4CCC4)cc3C(F)(F)F)C2=O)c1. The van der Waals surface area contributed by atoms with Gasteiger partial charge in [-0.1, -0.05) is 0 Å². The molecule has 2 N–H and O–H groups in total. The Morgan fingerprint density at radius 2 is 1.89 bits per heavy atom. The number of anilines is 2. The summed E-state index contributed by atoms with van der Waals surface area (Å²) in [5.41, 5.74) is 1.39. The molecule has 1 unspecified atom stereocenters. The van der Waals surface area contributed by atoms with Gasteiger partial charge in [0, 0.05) is 31.3 Å². The molecule has 2 aliphatic rings. The highest BCUT2D eigenvalue weighted by Crippen LogP contribution is 2.41. The van der Waals surface area contributed by atoms with Gasteiger partial charge in [-0.15, -0.1) is 10.2 Å². The summed E-state index contributed by atoms with van der Waals surface area (Å²) < 4.78 is 44.7. The second kappa shape index (κ2) is 12.2. The van der Waals surface area contributed by atoms with Crippen LogP contribution in [0.25, 0.3) is 22.5 Å². The van der Waals surface area contributed by atoms with Crippen LogP contribution in [0.3, 0.4) is 0 Å². The van der Waals surface area contributed by atoms with E-state index >= 15 is 0 Å². The Balaban J connectivity index is 1.46. The molecule has 2 aromatic heterocycles. The lowest BCUT2D eigenvalue weighted by Gasteiger charge is -2.31. The highest BCUT2D eigenvalue weighted by molar-refractivity contribution is 6.10. The van der Waals surface area contributed by atoms with E-state index in [1.54, 1.807) is 41.9 Å². The Labute approximate surface area is 262 Å². The standard InChI is InChI=1S/C32H28F3N9O2/c1-42-18-39-41-30(42)23-4-3-19(14-37)9-24(23)21-12-28(38-15-22(45)5-6-36)40-29(13-21)44-17-26-25(31(44)46)10-20(16-43-7-2-8-43)11-27(26)32(33,34)35/h3-4,9-13,18,22,45H,2,5,7-8,15-17H2,1H3,(H,38,40). The van der Waals surface area contributed by atoms with Gasteiger partial charge in [0.1, 0.15) is 18.0 Å². The number of halogens is 3. The number of amides is 1. The Hall–Kier alpha value is -5.31. The molecule has 4 heterocycles. The third kappa shape index (κ3) is 6.00. The summed E-state index contributed by atoms with van der Waals surface area (Å²) in [6, 6.07) is 14.9. The molecule has 0 radical (unpaired) electrons. The first kappa shape index (κ1) is 30.7. The van der Waals surface area contributed by atoms with Gasteiger partial charge in [-0.2, -0.15) is 23.7 Å². The Morgan fingerprint density at radius 1 is 1.09 bits per heavy atom. The van der Waals surface area contributed by atoms with Crippen molar-refractivity contribution in [2.24, 2.45) is 7.05 Å². The lowest BCUT2D eigenvalue weighted by molar-refractivity contribution is -0.138. The summed E-state index contributed by atoms with van der Waals surface area (Å²) in [4.78, 5) is 21.6. The predicted octanol–water partition coefficient (Wildman–Crippen LogP) is 4.49. The molecular weight excluding hydrogens is 599 g/mol. The van der Waals surface area contributed by atoms with Crippen LogP contribution < -0.4 is 10.2 Å². The van der Waals surface area contributed by atoms with E-state index in [0.29, 0.717) is 40.2 Å². The predicted molar refractivity (Wildman–Crippen MR) is 161 cm³/mol. The van der Waals surface area contributed by atoms with E-state index in [2.05, 4.69) is 26.6 Å². The highest BCUT2D eigenvalue weighted by Gasteiger charge is 2.41. The lowest BCUT2D eigenvalue weighted by atomic mass is 9.97. The Morgan fingerprint density at radius 3 is 2.54 bits per heavy atom. The van der Waals surface area contributed by atoms with E-state index in [4.69, 9.17) is 5.26 Å². The largest absolute Gasteiger partial charge is 0.416 e. The van der Waals surface area contributed by atoms with E-state index in [9.17, 15) is 28.3 Å². The van der Waals surface area contributed by atoms with Gasteiger partial charge in [0.05, 0.1) is 42.3 Å². The molecule has 234 valence electrons. The van der Waals surface area contributed by atoms with Crippen LogP contribution >= 0.6 is 0 Å². The number of nitrogens with zero attached hydrogens (tertiary/aromatic N) is 8. The van der Waals surface area contributed by atoms with Crippen molar-refractivity contribution in [3.05, 3.63) is 76.6 Å². The number of nitriles is 2. The summed E-state index contributed by atoms with van der Waals surface area (Å²) >= 11 is 0. The van der Waals surface area contributed by atoms with E-state index < -0.39 is 23.8 Å². The molecule has 2 aliphatic heterocycles. The van der Waals surface area contributed by atoms with Crippen molar-refractivity contribution in [3.8, 4) is 34.7 Å². The zero-order valence-corrected chi connectivity index (χ0v) is 24.7. The first-order chi connectivity index (χ1) is 22.0. The molecular formula is C32H28F3N9O2. The number of aromatic nitrogens is 4. The number of carbonyl (C=O) groups is 1. The van der Waals surface area contributed by atoms with Crippen LogP contribution in [0.2, 0.25) is 0 Å². The van der Waals surface area contributed by atoms with Crippen LogP contribution in [0.1, 0.15) is 45.5 Å². The van der Waals surface area contributed by atoms with Crippen molar-refractivity contribution in [2.45, 2.75) is 38.2 Å². The summed E-state index contributed by atoms with van der Waals surface area (Å²) in [5.74, 6) is 0.144. The number of nitrogens with one attached hydrogen (secondary N) is 1. The number of carbonyl (C=O) groups excluding carboxylic acids is 1. The smallest absolute Gasteiger partial charge is 0.390 e. The van der Waals surface area contributed by atoms with Gasteiger partial charge in [0.25, 0.3) is 5.91 Å². The maximum atomic E-state index is 14.3. The van der Waals surface area contributed by atoms with Gasteiger partial charge >= 0.3 is 6.18 Å². The van der Waals surface area contributed by atoms with Crippen molar-refractivity contribution in [3.63, 3.8) is 0 Å². The van der Waals surface area contributed by atoms with E-state index in [-0.39, 0.29) is 42.3 Å². The number of benzene rings is 2. The molecule has 1 fully saturated rings. The van der Waals surface area contributed by atoms with Crippen LogP contribution in [0, 0.1) is 22.7 Å². The monoisotopic (exact) mass is 627 g/mol. The fraction of sp³-hybridized carbons (Fsp3) is 0.312. The van der Waals surface area contributed by atoms with Crippen molar-refractivity contribution in [2.75, 3.05) is 29.9 Å². The maximum Gasteiger partial charge on any atom is 0.416 e. The average molecular weight is 628 g/mol. The minimum atomic E-state index is -4.67. The number of rotatable bonds is 9. The summed E-state index contributed by atoms with van der Waals surface area (Å²) in [6.07, 6.45) is -3.34. The fourth-order valence-corrected chi connectivity index (χ4v) is 5.67. The molecule has 1 amide bonds. The van der Waals surface area contributed by atoms with Gasteiger partial charge in [-0.25, -0.2) is 4.98 Å². The van der Waals surface area contributed by atoms with Crippen LogP contribution in [0.5, 0.6) is 0 Å². The lowest BCUT2D eigenvalue weighted by Crippen LogP contribution is -2.36. The van der Waals surface area contributed by atoms with Crippen molar-refractivity contribution >= 4 is 17.5 Å². The minimum Gasteiger partial charge on any atom is -0.390 e. The van der Waals surface area contributed by atoms with Crippen molar-refractivity contribution in [1.82, 2.24) is 24.6 Å². The fourth-order valence-electron chi connectivity index (χ4n) is 5.67. The quantitative estimate of drug-likeness (QED) is 0.274. The van der Waals surface area contributed by atoms with Gasteiger partial charge < -0.3 is 15.0 Å². The number of aryl methyl sites for hydroxylation is 1. The third-order valence-electron chi connectivity index (χ3n) is 8.11. The maximum absolute atomic E-state index is 14.3. The molecule has 0 saturated carbocycles. The van der Waals surface area contributed by atoms with E-state index in [0.717, 1.165) is 25.6 Å². The zero-order chi connectivity index (χ0) is 32.6. The number of aliphatic hydroxyl groups excluding tert-OH is 1. The number of hydrogen-bond acceptors (Lipinski definition) is 9. The molecule has 0 bridgehead atoms.